The van der Waals surface area contributed by atoms with Crippen LogP contribution in [0.5, 0.6) is 5.75 Å². The molecule has 5 nitrogen and oxygen atoms in total. The Hall–Kier alpha value is -2.37. The summed E-state index contributed by atoms with van der Waals surface area (Å²) >= 11 is 0. The summed E-state index contributed by atoms with van der Waals surface area (Å²) in [6.45, 7) is 7.79. The van der Waals surface area contributed by atoms with Gasteiger partial charge < -0.3 is 20.3 Å². The van der Waals surface area contributed by atoms with Gasteiger partial charge in [-0.15, -0.1) is 0 Å². The summed E-state index contributed by atoms with van der Waals surface area (Å²) in [7, 11) is 0. The number of benzene rings is 2. The number of nitrogens with zero attached hydrogens (tertiary/aromatic N) is 1. The minimum Gasteiger partial charge on any atom is -0.481 e. The summed E-state index contributed by atoms with van der Waals surface area (Å²) < 4.78 is 5.78. The maximum atomic E-state index is 12.2. The second-order valence-electron chi connectivity index (χ2n) is 6.89. The zero-order valence-electron chi connectivity index (χ0n) is 16.0. The van der Waals surface area contributed by atoms with E-state index in [2.05, 4.69) is 27.7 Å². The van der Waals surface area contributed by atoms with E-state index in [4.69, 9.17) is 4.74 Å². The van der Waals surface area contributed by atoms with Gasteiger partial charge in [0, 0.05) is 32.7 Å². The van der Waals surface area contributed by atoms with Crippen molar-refractivity contribution in [3.63, 3.8) is 0 Å². The molecule has 144 valence electrons. The molecule has 1 unspecified atom stereocenters. The van der Waals surface area contributed by atoms with Gasteiger partial charge in [0.05, 0.1) is 0 Å². The van der Waals surface area contributed by atoms with E-state index in [1.807, 2.05) is 42.5 Å². The molecule has 1 aliphatic heterocycles. The number of ether oxygens (including phenoxy) is 1. The van der Waals surface area contributed by atoms with Crippen LogP contribution in [0.3, 0.4) is 0 Å². The Morgan fingerprint density at radius 2 is 1.74 bits per heavy atom. The van der Waals surface area contributed by atoms with Gasteiger partial charge in [0.1, 0.15) is 5.75 Å². The molecule has 5 heteroatoms. The summed E-state index contributed by atoms with van der Waals surface area (Å²) in [6.07, 6.45) is 0.455. The lowest BCUT2D eigenvalue weighted by atomic mass is 10.1. The average Bonchev–Trinajstić information content (AvgIpc) is 2.73. The molecule has 0 radical (unpaired) electrons. The van der Waals surface area contributed by atoms with Gasteiger partial charge in [-0.25, -0.2) is 0 Å². The number of carbonyl (C=O) groups excluding carboxylic acids is 1. The van der Waals surface area contributed by atoms with Gasteiger partial charge in [0.25, 0.3) is 5.91 Å². The predicted octanol–water partition coefficient (Wildman–Crippen LogP) is 2.53. The monoisotopic (exact) mass is 367 g/mol. The van der Waals surface area contributed by atoms with Crippen LogP contribution in [0.4, 0.5) is 0 Å². The maximum absolute atomic E-state index is 12.2. The first-order valence-corrected chi connectivity index (χ1v) is 9.75. The van der Waals surface area contributed by atoms with Gasteiger partial charge in [-0.2, -0.15) is 0 Å². The van der Waals surface area contributed by atoms with Gasteiger partial charge in [-0.3, -0.25) is 4.79 Å². The summed E-state index contributed by atoms with van der Waals surface area (Å²) in [5, 5.41) is 6.32. The lowest BCUT2D eigenvalue weighted by molar-refractivity contribution is -0.127. The third-order valence-corrected chi connectivity index (χ3v) is 4.80. The highest BCUT2D eigenvalue weighted by atomic mass is 16.5. The molecule has 3 rings (SSSR count). The molecule has 0 spiro atoms. The number of hydrogen-bond donors (Lipinski definition) is 2. The molecule has 1 saturated heterocycles. The van der Waals surface area contributed by atoms with Crippen molar-refractivity contribution in [3.8, 4) is 16.9 Å². The van der Waals surface area contributed by atoms with Crippen LogP contribution >= 0.6 is 0 Å². The van der Waals surface area contributed by atoms with E-state index in [9.17, 15) is 4.79 Å². The van der Waals surface area contributed by atoms with Crippen molar-refractivity contribution in [2.24, 2.45) is 0 Å². The first-order valence-electron chi connectivity index (χ1n) is 9.75. The molecule has 1 fully saturated rings. The van der Waals surface area contributed by atoms with E-state index in [0.717, 1.165) is 44.7 Å². The first-order chi connectivity index (χ1) is 13.2. The largest absolute Gasteiger partial charge is 0.481 e. The Labute approximate surface area is 161 Å². The van der Waals surface area contributed by atoms with E-state index in [-0.39, 0.29) is 5.91 Å². The zero-order valence-corrected chi connectivity index (χ0v) is 16.0. The maximum Gasteiger partial charge on any atom is 0.260 e. The Bertz CT molecular complexity index is 697. The molecule has 2 aromatic carbocycles. The minimum absolute atomic E-state index is 0.0672. The molecule has 0 saturated carbocycles. The van der Waals surface area contributed by atoms with Crippen LogP contribution in [0, 0.1) is 0 Å². The highest BCUT2D eigenvalue weighted by molar-refractivity contribution is 5.80. The van der Waals surface area contributed by atoms with Crippen LogP contribution in [-0.4, -0.2) is 56.2 Å². The van der Waals surface area contributed by atoms with E-state index < -0.39 is 6.10 Å². The quantitative estimate of drug-likeness (QED) is 0.704. The molecular formula is C22H29N3O2. The van der Waals surface area contributed by atoms with Crippen molar-refractivity contribution in [2.45, 2.75) is 19.4 Å². The highest BCUT2D eigenvalue weighted by Gasteiger charge is 2.14. The van der Waals surface area contributed by atoms with Gasteiger partial charge in [0.15, 0.2) is 6.10 Å². The highest BCUT2D eigenvalue weighted by Crippen LogP contribution is 2.22. The van der Waals surface area contributed by atoms with Gasteiger partial charge >= 0.3 is 0 Å². The second kappa shape index (κ2) is 10.1. The third-order valence-electron chi connectivity index (χ3n) is 4.80. The molecular weight excluding hydrogens is 338 g/mol. The molecule has 0 aliphatic carbocycles. The first kappa shape index (κ1) is 19.4. The average molecular weight is 367 g/mol. The number of nitrogens with one attached hydrogen (secondary N) is 2. The Morgan fingerprint density at radius 3 is 2.44 bits per heavy atom. The molecule has 27 heavy (non-hydrogen) atoms. The normalized spacial score (nSPS) is 15.9. The van der Waals surface area contributed by atoms with E-state index in [0.29, 0.717) is 12.3 Å². The molecule has 1 heterocycles. The summed E-state index contributed by atoms with van der Waals surface area (Å²) in [5.41, 5.74) is 2.30. The third kappa shape index (κ3) is 6.08. The van der Waals surface area contributed by atoms with Crippen molar-refractivity contribution in [1.82, 2.24) is 15.5 Å². The number of rotatable bonds is 8. The number of amides is 1. The molecule has 1 amide bonds. The number of carbonyl (C=O) groups is 1. The van der Waals surface area contributed by atoms with Crippen molar-refractivity contribution in [3.05, 3.63) is 54.6 Å². The van der Waals surface area contributed by atoms with Crippen molar-refractivity contribution in [2.75, 3.05) is 39.3 Å². The Kier molecular flexibility index (Phi) is 7.25. The fourth-order valence-corrected chi connectivity index (χ4v) is 3.21. The standard InChI is InChI=1S/C22H29N3O2/c1-18(22(26)24-12-5-15-25-16-13-23-14-17-25)27-21-10-8-20(9-11-21)19-6-3-2-4-7-19/h2-4,6-11,18,23H,5,12-17H2,1H3,(H,24,26). The summed E-state index contributed by atoms with van der Waals surface area (Å²) in [4.78, 5) is 14.7. The predicted molar refractivity (Wildman–Crippen MR) is 109 cm³/mol. The van der Waals surface area contributed by atoms with Crippen LogP contribution in [0.15, 0.2) is 54.6 Å². The molecule has 1 atom stereocenters. The van der Waals surface area contributed by atoms with Crippen molar-refractivity contribution in [1.29, 1.82) is 0 Å². The lowest BCUT2D eigenvalue weighted by Gasteiger charge is -2.27. The molecule has 1 aliphatic rings. The van der Waals surface area contributed by atoms with Crippen molar-refractivity contribution < 1.29 is 9.53 Å². The van der Waals surface area contributed by atoms with Gasteiger partial charge in [-0.1, -0.05) is 42.5 Å². The van der Waals surface area contributed by atoms with Crippen LogP contribution in [-0.2, 0) is 4.79 Å². The molecule has 2 aromatic rings. The zero-order chi connectivity index (χ0) is 18.9. The lowest BCUT2D eigenvalue weighted by Crippen LogP contribution is -2.44. The van der Waals surface area contributed by atoms with Crippen LogP contribution in [0.1, 0.15) is 13.3 Å². The smallest absolute Gasteiger partial charge is 0.260 e. The number of piperazine rings is 1. The molecule has 0 bridgehead atoms. The van der Waals surface area contributed by atoms with Gasteiger partial charge in [0.2, 0.25) is 0 Å². The fourth-order valence-electron chi connectivity index (χ4n) is 3.21. The van der Waals surface area contributed by atoms with Crippen molar-refractivity contribution >= 4 is 5.91 Å². The molecule has 0 aromatic heterocycles. The SMILES string of the molecule is CC(Oc1ccc(-c2ccccc2)cc1)C(=O)NCCCN1CCNCC1. The fraction of sp³-hybridized carbons (Fsp3) is 0.409. The number of hydrogen-bond acceptors (Lipinski definition) is 4. The van der Waals surface area contributed by atoms with Crippen LogP contribution < -0.4 is 15.4 Å². The Morgan fingerprint density at radius 1 is 1.07 bits per heavy atom. The molecule has 2 N–H and O–H groups in total. The second-order valence-corrected chi connectivity index (χ2v) is 6.89. The topological polar surface area (TPSA) is 53.6 Å². The van der Waals surface area contributed by atoms with Crippen LogP contribution in [0.2, 0.25) is 0 Å². The van der Waals surface area contributed by atoms with E-state index in [1.165, 1.54) is 5.56 Å². The van der Waals surface area contributed by atoms with Crippen LogP contribution in [0.25, 0.3) is 11.1 Å². The van der Waals surface area contributed by atoms with Gasteiger partial charge in [-0.05, 0) is 43.1 Å². The van der Waals surface area contributed by atoms with E-state index >= 15 is 0 Å². The van der Waals surface area contributed by atoms with E-state index in [1.54, 1.807) is 6.92 Å². The summed E-state index contributed by atoms with van der Waals surface area (Å²) in [6, 6.07) is 18.1. The Balaban J connectivity index is 1.40. The summed E-state index contributed by atoms with van der Waals surface area (Å²) in [5.74, 6) is 0.639. The minimum atomic E-state index is -0.508.